The standard InChI is InChI=1S/C26H31N3O2/c1-28(2)15-16-29(20-23-9-5-8-22(17-23)19-27)26(30)14-13-21-7-6-12-25(18-21)31-24-10-3-4-11-24/h5-9,12-14,17-18,24H,3-4,10-11,15-16,20H2,1-2H3. The highest BCUT2D eigenvalue weighted by Gasteiger charge is 2.16. The van der Waals surface area contributed by atoms with E-state index < -0.39 is 0 Å². The third-order valence-corrected chi connectivity index (χ3v) is 5.44. The number of carbonyl (C=O) groups excluding carboxylic acids is 1. The molecule has 0 spiro atoms. The van der Waals surface area contributed by atoms with Crippen molar-refractivity contribution in [3.05, 3.63) is 71.3 Å². The van der Waals surface area contributed by atoms with Gasteiger partial charge in [-0.25, -0.2) is 0 Å². The summed E-state index contributed by atoms with van der Waals surface area (Å²) in [4.78, 5) is 16.8. The topological polar surface area (TPSA) is 56.6 Å². The number of ether oxygens (including phenoxy) is 1. The van der Waals surface area contributed by atoms with Gasteiger partial charge < -0.3 is 14.5 Å². The molecule has 2 aromatic carbocycles. The number of hydrogen-bond donors (Lipinski definition) is 0. The van der Waals surface area contributed by atoms with Gasteiger partial charge in [0.1, 0.15) is 5.75 Å². The van der Waals surface area contributed by atoms with Gasteiger partial charge in [0, 0.05) is 25.7 Å². The molecule has 1 aliphatic carbocycles. The Morgan fingerprint density at radius 2 is 1.90 bits per heavy atom. The van der Waals surface area contributed by atoms with Crippen LogP contribution in [-0.4, -0.2) is 49.0 Å². The van der Waals surface area contributed by atoms with Crippen molar-refractivity contribution in [1.82, 2.24) is 9.80 Å². The van der Waals surface area contributed by atoms with E-state index >= 15 is 0 Å². The number of hydrogen-bond acceptors (Lipinski definition) is 4. The normalized spacial score (nSPS) is 14.1. The molecule has 0 aliphatic heterocycles. The Bertz CT molecular complexity index is 940. The fourth-order valence-electron chi connectivity index (χ4n) is 3.71. The third kappa shape index (κ3) is 7.27. The maximum Gasteiger partial charge on any atom is 0.246 e. The van der Waals surface area contributed by atoms with E-state index in [9.17, 15) is 4.79 Å². The summed E-state index contributed by atoms with van der Waals surface area (Å²) in [5.74, 6) is 0.811. The van der Waals surface area contributed by atoms with E-state index in [0.29, 0.717) is 24.8 Å². The van der Waals surface area contributed by atoms with Gasteiger partial charge in [-0.1, -0.05) is 24.3 Å². The molecule has 5 nitrogen and oxygen atoms in total. The first-order valence-corrected chi connectivity index (χ1v) is 10.9. The molecule has 2 aromatic rings. The summed E-state index contributed by atoms with van der Waals surface area (Å²) in [7, 11) is 3.98. The van der Waals surface area contributed by atoms with E-state index in [1.165, 1.54) is 12.8 Å². The number of amides is 1. The van der Waals surface area contributed by atoms with Crippen molar-refractivity contribution in [2.75, 3.05) is 27.2 Å². The lowest BCUT2D eigenvalue weighted by atomic mass is 10.1. The van der Waals surface area contributed by atoms with Crippen LogP contribution in [0, 0.1) is 11.3 Å². The molecule has 0 atom stereocenters. The van der Waals surface area contributed by atoms with Gasteiger partial charge in [-0.2, -0.15) is 5.26 Å². The molecule has 1 saturated carbocycles. The van der Waals surface area contributed by atoms with Crippen molar-refractivity contribution in [2.24, 2.45) is 0 Å². The summed E-state index contributed by atoms with van der Waals surface area (Å²) in [6.45, 7) is 1.84. The number of nitrogens with zero attached hydrogens (tertiary/aromatic N) is 3. The summed E-state index contributed by atoms with van der Waals surface area (Å²) in [5, 5.41) is 9.15. The van der Waals surface area contributed by atoms with E-state index in [-0.39, 0.29) is 5.91 Å². The molecule has 0 saturated heterocycles. The van der Waals surface area contributed by atoms with Gasteiger partial charge >= 0.3 is 0 Å². The third-order valence-electron chi connectivity index (χ3n) is 5.44. The molecule has 0 heterocycles. The minimum Gasteiger partial charge on any atom is -0.490 e. The molecule has 0 unspecified atom stereocenters. The molecule has 1 amide bonds. The van der Waals surface area contributed by atoms with E-state index in [0.717, 1.165) is 36.3 Å². The molecule has 3 rings (SSSR count). The van der Waals surface area contributed by atoms with Gasteiger partial charge in [-0.05, 0) is 81.2 Å². The Kier molecular flexibility index (Phi) is 8.26. The lowest BCUT2D eigenvalue weighted by Crippen LogP contribution is -2.35. The smallest absolute Gasteiger partial charge is 0.246 e. The summed E-state index contributed by atoms with van der Waals surface area (Å²) < 4.78 is 6.07. The van der Waals surface area contributed by atoms with Crippen molar-refractivity contribution in [2.45, 2.75) is 38.3 Å². The van der Waals surface area contributed by atoms with Gasteiger partial charge in [0.2, 0.25) is 5.91 Å². The second-order valence-electron chi connectivity index (χ2n) is 8.31. The Balaban J connectivity index is 1.68. The van der Waals surface area contributed by atoms with Crippen LogP contribution >= 0.6 is 0 Å². The second kappa shape index (κ2) is 11.3. The minimum atomic E-state index is -0.0497. The highest BCUT2D eigenvalue weighted by molar-refractivity contribution is 5.91. The molecule has 162 valence electrons. The molecule has 31 heavy (non-hydrogen) atoms. The summed E-state index contributed by atoms with van der Waals surface area (Å²) in [5.41, 5.74) is 2.50. The van der Waals surface area contributed by atoms with Crippen molar-refractivity contribution in [3.63, 3.8) is 0 Å². The summed E-state index contributed by atoms with van der Waals surface area (Å²) >= 11 is 0. The number of likely N-dealkylation sites (N-methyl/N-ethyl adjacent to an activating group) is 1. The average molecular weight is 418 g/mol. The fraction of sp³-hybridized carbons (Fsp3) is 0.385. The molecule has 1 aliphatic rings. The lowest BCUT2D eigenvalue weighted by molar-refractivity contribution is -0.126. The molecule has 0 aromatic heterocycles. The van der Waals surface area contributed by atoms with Gasteiger partial charge in [0.15, 0.2) is 0 Å². The number of benzene rings is 2. The van der Waals surface area contributed by atoms with E-state index in [2.05, 4.69) is 11.0 Å². The Labute approximate surface area is 185 Å². The zero-order valence-corrected chi connectivity index (χ0v) is 18.5. The van der Waals surface area contributed by atoms with Crippen molar-refractivity contribution < 1.29 is 9.53 Å². The molecule has 0 N–H and O–H groups in total. The first kappa shape index (κ1) is 22.6. The number of rotatable bonds is 9. The molecular formula is C26H31N3O2. The molecule has 5 heteroatoms. The van der Waals surface area contributed by atoms with Crippen LogP contribution in [0.1, 0.15) is 42.4 Å². The highest BCUT2D eigenvalue weighted by atomic mass is 16.5. The highest BCUT2D eigenvalue weighted by Crippen LogP contribution is 2.25. The molecule has 0 radical (unpaired) electrons. The van der Waals surface area contributed by atoms with Crippen molar-refractivity contribution >= 4 is 12.0 Å². The van der Waals surface area contributed by atoms with Crippen LogP contribution in [0.2, 0.25) is 0 Å². The van der Waals surface area contributed by atoms with Crippen molar-refractivity contribution in [1.29, 1.82) is 5.26 Å². The van der Waals surface area contributed by atoms with E-state index in [1.54, 1.807) is 12.1 Å². The Hall–Kier alpha value is -3.10. The SMILES string of the molecule is CN(C)CCN(Cc1cccc(C#N)c1)C(=O)C=Cc1cccc(OC2CCCC2)c1. The van der Waals surface area contributed by atoms with Crippen molar-refractivity contribution in [3.8, 4) is 11.8 Å². The predicted octanol–water partition coefficient (Wildman–Crippen LogP) is 4.48. The van der Waals surface area contributed by atoms with E-state index in [4.69, 9.17) is 10.00 Å². The van der Waals surface area contributed by atoms with Gasteiger partial charge in [0.25, 0.3) is 0 Å². The summed E-state index contributed by atoms with van der Waals surface area (Å²) in [6.07, 6.45) is 8.49. The van der Waals surface area contributed by atoms with Crippen LogP contribution in [0.4, 0.5) is 0 Å². The number of nitriles is 1. The maximum absolute atomic E-state index is 13.0. The second-order valence-corrected chi connectivity index (χ2v) is 8.31. The Morgan fingerprint density at radius 1 is 1.13 bits per heavy atom. The molecule has 1 fully saturated rings. The zero-order valence-electron chi connectivity index (χ0n) is 18.5. The summed E-state index contributed by atoms with van der Waals surface area (Å²) in [6, 6.07) is 17.5. The van der Waals surface area contributed by atoms with Gasteiger partial charge in [-0.15, -0.1) is 0 Å². The average Bonchev–Trinajstić information content (AvgIpc) is 3.28. The van der Waals surface area contributed by atoms with Gasteiger partial charge in [0.05, 0.1) is 17.7 Å². The fourth-order valence-corrected chi connectivity index (χ4v) is 3.71. The zero-order chi connectivity index (χ0) is 22.1. The number of carbonyl (C=O) groups is 1. The quantitative estimate of drug-likeness (QED) is 0.565. The first-order chi connectivity index (χ1) is 15.0. The maximum atomic E-state index is 13.0. The van der Waals surface area contributed by atoms with Gasteiger partial charge in [-0.3, -0.25) is 4.79 Å². The first-order valence-electron chi connectivity index (χ1n) is 10.9. The van der Waals surface area contributed by atoms with Crippen LogP contribution in [-0.2, 0) is 11.3 Å². The van der Waals surface area contributed by atoms with Crippen LogP contribution in [0.15, 0.2) is 54.6 Å². The minimum absolute atomic E-state index is 0.0497. The van der Waals surface area contributed by atoms with Crippen LogP contribution in [0.25, 0.3) is 6.08 Å². The van der Waals surface area contributed by atoms with E-state index in [1.807, 2.05) is 67.5 Å². The lowest BCUT2D eigenvalue weighted by Gasteiger charge is -2.23. The molecule has 0 bridgehead atoms. The Morgan fingerprint density at radius 3 is 2.65 bits per heavy atom. The van der Waals surface area contributed by atoms with Crippen LogP contribution in [0.5, 0.6) is 5.75 Å². The largest absolute Gasteiger partial charge is 0.490 e. The van der Waals surface area contributed by atoms with Crippen LogP contribution < -0.4 is 4.74 Å². The molecular weight excluding hydrogens is 386 g/mol. The van der Waals surface area contributed by atoms with Crippen LogP contribution in [0.3, 0.4) is 0 Å². The predicted molar refractivity (Wildman–Crippen MR) is 123 cm³/mol. The monoisotopic (exact) mass is 417 g/mol.